The smallest absolute Gasteiger partial charge is 0.289 e. The van der Waals surface area contributed by atoms with E-state index in [1.165, 1.54) is 10.5 Å². The van der Waals surface area contributed by atoms with Crippen LogP contribution in [0.25, 0.3) is 0 Å². The van der Waals surface area contributed by atoms with Crippen molar-refractivity contribution in [2.45, 2.75) is 6.54 Å². The van der Waals surface area contributed by atoms with Crippen molar-refractivity contribution < 1.29 is 14.1 Å². The first-order valence-electron chi connectivity index (χ1n) is 7.14. The molecule has 21 heavy (non-hydrogen) atoms. The molecular weight excluding hydrogens is 332 g/mol. The van der Waals surface area contributed by atoms with Gasteiger partial charge in [0.1, 0.15) is 6.54 Å². The van der Waals surface area contributed by atoms with Crippen LogP contribution < -0.4 is 4.90 Å². The molecule has 0 unspecified atom stereocenters. The lowest BCUT2D eigenvalue weighted by Crippen LogP contribution is -3.13. The van der Waals surface area contributed by atoms with Gasteiger partial charge in [-0.1, -0.05) is 34.1 Å². The van der Waals surface area contributed by atoms with E-state index in [-0.39, 0.29) is 5.91 Å². The van der Waals surface area contributed by atoms with Crippen LogP contribution in [0.4, 0.5) is 0 Å². The number of piperazine rings is 1. The van der Waals surface area contributed by atoms with E-state index in [0.29, 0.717) is 5.76 Å². The molecule has 1 amide bonds. The Labute approximate surface area is 132 Å². The number of carbonyl (C=O) groups is 1. The summed E-state index contributed by atoms with van der Waals surface area (Å²) in [5.74, 6) is 0.434. The van der Waals surface area contributed by atoms with Crippen LogP contribution in [0.3, 0.4) is 0 Å². The Balaban J connectivity index is 1.56. The third-order valence-electron chi connectivity index (χ3n) is 3.89. The minimum absolute atomic E-state index is 0.0000540. The minimum Gasteiger partial charge on any atom is -0.459 e. The van der Waals surface area contributed by atoms with Gasteiger partial charge in [-0.15, -0.1) is 0 Å². The summed E-state index contributed by atoms with van der Waals surface area (Å²) in [6, 6.07) is 11.8. The van der Waals surface area contributed by atoms with Gasteiger partial charge in [-0.2, -0.15) is 0 Å². The number of quaternary nitrogens is 1. The van der Waals surface area contributed by atoms with Crippen molar-refractivity contribution in [1.29, 1.82) is 0 Å². The molecule has 2 aromatic rings. The molecule has 1 fully saturated rings. The van der Waals surface area contributed by atoms with E-state index < -0.39 is 0 Å². The van der Waals surface area contributed by atoms with E-state index in [1.54, 1.807) is 18.4 Å². The Bertz CT molecular complexity index is 604. The van der Waals surface area contributed by atoms with Crippen molar-refractivity contribution in [3.63, 3.8) is 0 Å². The summed E-state index contributed by atoms with van der Waals surface area (Å²) in [6.45, 7) is 4.48. The normalized spacial score (nSPS) is 16.1. The van der Waals surface area contributed by atoms with Gasteiger partial charge in [0.15, 0.2) is 5.76 Å². The van der Waals surface area contributed by atoms with Crippen molar-refractivity contribution >= 4 is 21.8 Å². The van der Waals surface area contributed by atoms with Crippen molar-refractivity contribution in [3.8, 4) is 0 Å². The lowest BCUT2D eigenvalue weighted by Gasteiger charge is -2.31. The lowest BCUT2D eigenvalue weighted by molar-refractivity contribution is -0.917. The summed E-state index contributed by atoms with van der Waals surface area (Å²) in [5.41, 5.74) is 1.32. The molecule has 1 aliphatic rings. The first-order chi connectivity index (χ1) is 10.2. The number of benzene rings is 1. The van der Waals surface area contributed by atoms with Crippen LogP contribution in [0, 0.1) is 0 Å². The molecule has 0 aliphatic carbocycles. The summed E-state index contributed by atoms with van der Waals surface area (Å²) in [6.07, 6.45) is 1.54. The van der Waals surface area contributed by atoms with Crippen LogP contribution in [0.2, 0.25) is 0 Å². The predicted molar refractivity (Wildman–Crippen MR) is 83.2 cm³/mol. The third-order valence-corrected chi connectivity index (χ3v) is 4.66. The van der Waals surface area contributed by atoms with Crippen molar-refractivity contribution in [1.82, 2.24) is 4.90 Å². The number of nitrogens with zero attached hydrogens (tertiary/aromatic N) is 1. The Morgan fingerprint density at radius 3 is 2.62 bits per heavy atom. The summed E-state index contributed by atoms with van der Waals surface area (Å²) in [7, 11) is 0. The quantitative estimate of drug-likeness (QED) is 0.913. The fourth-order valence-electron chi connectivity index (χ4n) is 2.67. The van der Waals surface area contributed by atoms with Gasteiger partial charge in [0.2, 0.25) is 0 Å². The second-order valence-corrected chi connectivity index (χ2v) is 6.14. The summed E-state index contributed by atoms with van der Waals surface area (Å²) in [5, 5.41) is 0. The zero-order chi connectivity index (χ0) is 14.7. The second kappa shape index (κ2) is 6.45. The summed E-state index contributed by atoms with van der Waals surface area (Å²) >= 11 is 3.59. The minimum atomic E-state index is -0.0000540. The van der Waals surface area contributed by atoms with Crippen LogP contribution >= 0.6 is 15.9 Å². The first kappa shape index (κ1) is 14.4. The van der Waals surface area contributed by atoms with Gasteiger partial charge >= 0.3 is 0 Å². The van der Waals surface area contributed by atoms with Crippen molar-refractivity contribution in [2.75, 3.05) is 26.2 Å². The number of furan rings is 1. The molecule has 1 N–H and O–H groups in total. The summed E-state index contributed by atoms with van der Waals surface area (Å²) in [4.78, 5) is 15.6. The number of hydrogen-bond donors (Lipinski definition) is 1. The molecule has 1 aliphatic heterocycles. The SMILES string of the molecule is O=C(c1ccco1)N1CC[NH+](Cc2ccccc2Br)CC1. The molecule has 0 spiro atoms. The highest BCUT2D eigenvalue weighted by atomic mass is 79.9. The molecule has 0 radical (unpaired) electrons. The molecule has 110 valence electrons. The molecule has 0 atom stereocenters. The maximum Gasteiger partial charge on any atom is 0.289 e. The molecule has 1 aromatic heterocycles. The number of nitrogens with one attached hydrogen (secondary N) is 1. The zero-order valence-corrected chi connectivity index (χ0v) is 13.3. The van der Waals surface area contributed by atoms with Gasteiger partial charge in [0.05, 0.1) is 32.4 Å². The largest absolute Gasteiger partial charge is 0.459 e. The van der Waals surface area contributed by atoms with Gasteiger partial charge in [0, 0.05) is 10.0 Å². The van der Waals surface area contributed by atoms with Crippen LogP contribution in [-0.2, 0) is 6.54 Å². The average Bonchev–Trinajstić information content (AvgIpc) is 3.04. The number of halogens is 1. The van der Waals surface area contributed by atoms with Gasteiger partial charge in [0.25, 0.3) is 5.91 Å². The van der Waals surface area contributed by atoms with E-state index in [9.17, 15) is 4.79 Å². The number of hydrogen-bond acceptors (Lipinski definition) is 2. The highest BCUT2D eigenvalue weighted by Crippen LogP contribution is 2.14. The van der Waals surface area contributed by atoms with Crippen LogP contribution in [0.15, 0.2) is 51.6 Å². The van der Waals surface area contributed by atoms with Crippen LogP contribution in [0.1, 0.15) is 16.1 Å². The van der Waals surface area contributed by atoms with Gasteiger partial charge in [-0.05, 0) is 18.2 Å². The Kier molecular flexibility index (Phi) is 4.41. The first-order valence-corrected chi connectivity index (χ1v) is 7.93. The number of amides is 1. The zero-order valence-electron chi connectivity index (χ0n) is 11.7. The Morgan fingerprint density at radius 1 is 1.19 bits per heavy atom. The monoisotopic (exact) mass is 349 g/mol. The van der Waals surface area contributed by atoms with Gasteiger partial charge < -0.3 is 14.2 Å². The highest BCUT2D eigenvalue weighted by Gasteiger charge is 2.26. The average molecular weight is 350 g/mol. The van der Waals surface area contributed by atoms with Crippen molar-refractivity contribution in [3.05, 3.63) is 58.5 Å². The topological polar surface area (TPSA) is 37.9 Å². The van der Waals surface area contributed by atoms with Crippen LogP contribution in [0.5, 0.6) is 0 Å². The molecule has 4 nitrogen and oxygen atoms in total. The lowest BCUT2D eigenvalue weighted by atomic mass is 10.2. The van der Waals surface area contributed by atoms with E-state index >= 15 is 0 Å². The van der Waals surface area contributed by atoms with Crippen LogP contribution in [-0.4, -0.2) is 37.0 Å². The van der Waals surface area contributed by atoms with E-state index in [2.05, 4.69) is 34.1 Å². The summed E-state index contributed by atoms with van der Waals surface area (Å²) < 4.78 is 6.34. The molecule has 0 saturated carbocycles. The van der Waals surface area contributed by atoms with E-state index in [1.807, 2.05) is 11.0 Å². The Hall–Kier alpha value is -1.59. The number of rotatable bonds is 3. The molecular formula is C16H18BrN2O2+. The molecule has 2 heterocycles. The fraction of sp³-hybridized carbons (Fsp3) is 0.312. The molecule has 1 aromatic carbocycles. The molecule has 3 rings (SSSR count). The van der Waals surface area contributed by atoms with Crippen molar-refractivity contribution in [2.24, 2.45) is 0 Å². The maximum atomic E-state index is 12.2. The van der Waals surface area contributed by atoms with Gasteiger partial charge in [-0.25, -0.2) is 0 Å². The molecule has 5 heteroatoms. The van der Waals surface area contributed by atoms with E-state index in [0.717, 1.165) is 37.2 Å². The highest BCUT2D eigenvalue weighted by molar-refractivity contribution is 9.10. The predicted octanol–water partition coefficient (Wildman–Crippen LogP) is 1.58. The second-order valence-electron chi connectivity index (χ2n) is 5.29. The molecule has 1 saturated heterocycles. The maximum absolute atomic E-state index is 12.2. The Morgan fingerprint density at radius 2 is 1.95 bits per heavy atom. The number of carbonyl (C=O) groups excluding carboxylic acids is 1. The standard InChI is InChI=1S/C16H17BrN2O2/c17-14-5-2-1-4-13(14)12-18-7-9-19(10-8-18)16(20)15-6-3-11-21-15/h1-6,11H,7-10,12H2/p+1. The third kappa shape index (κ3) is 3.36. The molecule has 0 bridgehead atoms. The van der Waals surface area contributed by atoms with Gasteiger partial charge in [-0.3, -0.25) is 4.79 Å². The fourth-order valence-corrected chi connectivity index (χ4v) is 3.09. The van der Waals surface area contributed by atoms with E-state index in [4.69, 9.17) is 4.42 Å².